The highest BCUT2D eigenvalue weighted by molar-refractivity contribution is 6.23. The molecule has 0 aliphatic rings. The molecule has 0 amide bonds. The summed E-state index contributed by atoms with van der Waals surface area (Å²) in [5.41, 5.74) is 6.41. The molecule has 0 N–H and O–H groups in total. The summed E-state index contributed by atoms with van der Waals surface area (Å²) in [5.74, 6) is 0.749. The van der Waals surface area contributed by atoms with Gasteiger partial charge in [0.15, 0.2) is 0 Å². The number of hydrogen-bond acceptors (Lipinski definition) is 5. The van der Waals surface area contributed by atoms with E-state index in [1.54, 1.807) is 6.20 Å². The van der Waals surface area contributed by atoms with Crippen LogP contribution in [0.2, 0.25) is 0 Å². The van der Waals surface area contributed by atoms with Crippen LogP contribution in [0.3, 0.4) is 0 Å². The van der Waals surface area contributed by atoms with Gasteiger partial charge in [-0.2, -0.15) is 0 Å². The second-order valence-corrected chi connectivity index (χ2v) is 8.71. The predicted molar refractivity (Wildman–Crippen MR) is 142 cm³/mol. The van der Waals surface area contributed by atoms with Crippen molar-refractivity contribution in [2.45, 2.75) is 0 Å². The summed E-state index contributed by atoms with van der Waals surface area (Å²) < 4.78 is 4.28. The Morgan fingerprint density at radius 2 is 1.33 bits per heavy atom. The van der Waals surface area contributed by atoms with Crippen LogP contribution < -0.4 is 0 Å². The van der Waals surface area contributed by atoms with E-state index in [0.29, 0.717) is 0 Å². The second-order valence-electron chi connectivity index (χ2n) is 8.71. The molecule has 0 aliphatic carbocycles. The lowest BCUT2D eigenvalue weighted by molar-refractivity contribution is 1.06. The van der Waals surface area contributed by atoms with Gasteiger partial charge < -0.3 is 0 Å². The molecule has 0 saturated carbocycles. The van der Waals surface area contributed by atoms with Crippen molar-refractivity contribution in [2.24, 2.45) is 0 Å². The molecule has 7 aromatic heterocycles. The molecule has 0 saturated heterocycles. The van der Waals surface area contributed by atoms with Gasteiger partial charge in [-0.05, 0) is 48.5 Å². The third-order valence-electron chi connectivity index (χ3n) is 6.74. The van der Waals surface area contributed by atoms with Crippen LogP contribution in [0.1, 0.15) is 0 Å². The number of para-hydroxylation sites is 1. The van der Waals surface area contributed by atoms with E-state index in [2.05, 4.69) is 38.4 Å². The minimum atomic E-state index is 0.749. The lowest BCUT2D eigenvalue weighted by Crippen LogP contribution is -1.99. The molecule has 7 heterocycles. The van der Waals surface area contributed by atoms with Crippen LogP contribution >= 0.6 is 0 Å². The van der Waals surface area contributed by atoms with Crippen LogP contribution in [0.15, 0.2) is 104 Å². The fourth-order valence-corrected chi connectivity index (χ4v) is 5.23. The summed E-state index contributed by atoms with van der Waals surface area (Å²) in [7, 11) is 0. The lowest BCUT2D eigenvalue weighted by atomic mass is 10.2. The zero-order valence-electron chi connectivity index (χ0n) is 18.9. The number of hydrogen-bond donors (Lipinski definition) is 0. The smallest absolute Gasteiger partial charge is 0.148 e. The van der Waals surface area contributed by atoms with Crippen molar-refractivity contribution < 1.29 is 0 Å². The first-order valence-electron chi connectivity index (χ1n) is 11.7. The molecule has 0 fully saturated rings. The summed E-state index contributed by atoms with van der Waals surface area (Å²) in [6.45, 7) is 0. The Morgan fingerprint density at radius 1 is 0.583 bits per heavy atom. The van der Waals surface area contributed by atoms with Gasteiger partial charge in [0.2, 0.25) is 0 Å². The van der Waals surface area contributed by atoms with Gasteiger partial charge in [-0.15, -0.1) is 0 Å². The van der Waals surface area contributed by atoms with E-state index in [1.807, 2.05) is 73.3 Å². The molecule has 0 spiro atoms. The first-order valence-corrected chi connectivity index (χ1v) is 11.7. The first kappa shape index (κ1) is 19.2. The Morgan fingerprint density at radius 3 is 2.19 bits per heavy atom. The van der Waals surface area contributed by atoms with Crippen LogP contribution in [0.25, 0.3) is 66.4 Å². The van der Waals surface area contributed by atoms with Gasteiger partial charge >= 0.3 is 0 Å². The van der Waals surface area contributed by atoms with E-state index < -0.39 is 0 Å². The highest BCUT2D eigenvalue weighted by Crippen LogP contribution is 2.39. The molecule has 8 rings (SSSR count). The first-order chi connectivity index (χ1) is 17.9. The minimum absolute atomic E-state index is 0.749. The van der Waals surface area contributed by atoms with E-state index in [-0.39, 0.29) is 0 Å². The third kappa shape index (κ3) is 2.54. The summed E-state index contributed by atoms with van der Waals surface area (Å²) >= 11 is 0. The predicted octanol–water partition coefficient (Wildman–Crippen LogP) is 6.01. The molecule has 7 nitrogen and oxygen atoms in total. The van der Waals surface area contributed by atoms with E-state index in [9.17, 15) is 0 Å². The molecule has 0 aliphatic heterocycles. The van der Waals surface area contributed by atoms with Crippen molar-refractivity contribution in [1.82, 2.24) is 34.1 Å². The Labute approximate surface area is 204 Å². The number of benzene rings is 1. The zero-order chi connectivity index (χ0) is 23.6. The monoisotopic (exact) mass is 463 g/mol. The molecule has 8 aromatic rings. The molecule has 7 heteroatoms. The largest absolute Gasteiger partial charge is 0.292 e. The summed E-state index contributed by atoms with van der Waals surface area (Å²) in [6.07, 6.45) is 9.25. The highest BCUT2D eigenvalue weighted by Gasteiger charge is 2.23. The highest BCUT2D eigenvalue weighted by atomic mass is 15.1. The van der Waals surface area contributed by atoms with Gasteiger partial charge in [-0.3, -0.25) is 19.1 Å². The van der Waals surface area contributed by atoms with Crippen molar-refractivity contribution in [3.63, 3.8) is 0 Å². The number of fused-ring (bicyclic) bond motifs is 8. The van der Waals surface area contributed by atoms with Gasteiger partial charge in [0.25, 0.3) is 0 Å². The van der Waals surface area contributed by atoms with Crippen molar-refractivity contribution in [3.05, 3.63) is 104 Å². The second kappa shape index (κ2) is 7.16. The van der Waals surface area contributed by atoms with Crippen LogP contribution in [0.5, 0.6) is 0 Å². The van der Waals surface area contributed by atoms with Gasteiger partial charge in [0.1, 0.15) is 17.1 Å². The van der Waals surface area contributed by atoms with Crippen LogP contribution in [-0.4, -0.2) is 34.1 Å². The zero-order valence-corrected chi connectivity index (χ0v) is 18.9. The van der Waals surface area contributed by atoms with Gasteiger partial charge in [-0.25, -0.2) is 15.0 Å². The molecule has 1 aromatic carbocycles. The Kier molecular flexibility index (Phi) is 3.81. The third-order valence-corrected chi connectivity index (χ3v) is 6.74. The van der Waals surface area contributed by atoms with E-state index in [0.717, 1.165) is 66.4 Å². The molecule has 0 atom stereocenters. The molecule has 0 radical (unpaired) electrons. The summed E-state index contributed by atoms with van der Waals surface area (Å²) in [6, 6.07) is 24.3. The van der Waals surface area contributed by atoms with E-state index >= 15 is 0 Å². The van der Waals surface area contributed by atoms with E-state index in [1.165, 1.54) is 0 Å². The van der Waals surface area contributed by atoms with Gasteiger partial charge in [0, 0.05) is 58.1 Å². The summed E-state index contributed by atoms with van der Waals surface area (Å²) in [4.78, 5) is 23.9. The van der Waals surface area contributed by atoms with Crippen LogP contribution in [0, 0.1) is 0 Å². The fraction of sp³-hybridized carbons (Fsp3) is 0. The van der Waals surface area contributed by atoms with Crippen molar-refractivity contribution in [2.75, 3.05) is 0 Å². The van der Waals surface area contributed by atoms with E-state index in [4.69, 9.17) is 19.9 Å². The molecule has 168 valence electrons. The molecule has 36 heavy (non-hydrogen) atoms. The fourth-order valence-electron chi connectivity index (χ4n) is 5.23. The number of rotatable bonds is 2. The Bertz CT molecular complexity index is 2110. The average Bonchev–Trinajstić information content (AvgIpc) is 3.46. The van der Waals surface area contributed by atoms with Crippen molar-refractivity contribution in [3.8, 4) is 11.5 Å². The van der Waals surface area contributed by atoms with Crippen molar-refractivity contribution >= 4 is 54.9 Å². The Balaban J connectivity index is 1.61. The minimum Gasteiger partial charge on any atom is -0.292 e. The maximum Gasteiger partial charge on any atom is 0.148 e. The van der Waals surface area contributed by atoms with Crippen molar-refractivity contribution in [1.29, 1.82) is 0 Å². The number of nitrogens with zero attached hydrogens (tertiary/aromatic N) is 7. The van der Waals surface area contributed by atoms with Crippen LogP contribution in [0.4, 0.5) is 0 Å². The SMILES string of the molecule is c1ccc(-n2c3cnc4c5cccnc5n(-c5cc6ncccc6cn5)c4c3c3cccnc32)cc1. The topological polar surface area (TPSA) is 74.3 Å². The molecular formula is C29H17N7. The molecule has 0 bridgehead atoms. The maximum absolute atomic E-state index is 4.97. The average molecular weight is 464 g/mol. The Hall–Kier alpha value is -5.17. The standard InChI is InChI=1S/C29H17N7/c1-2-8-19(9-3-1)35-23-17-34-26-21-11-6-14-32-29(21)36(24-15-22-18(16-33-24)7-4-12-30-22)27(26)25(23)20-10-5-13-31-28(20)35/h1-17H. The van der Waals surface area contributed by atoms with Gasteiger partial charge in [-0.1, -0.05) is 18.2 Å². The van der Waals surface area contributed by atoms with Gasteiger partial charge in [0.05, 0.1) is 28.3 Å². The quantitative estimate of drug-likeness (QED) is 0.314. The molecular weight excluding hydrogens is 446 g/mol. The lowest BCUT2D eigenvalue weighted by Gasteiger charge is -2.08. The maximum atomic E-state index is 4.97. The normalized spacial score (nSPS) is 11.9. The van der Waals surface area contributed by atoms with Crippen LogP contribution in [-0.2, 0) is 0 Å². The number of aromatic nitrogens is 7. The number of pyridine rings is 5. The summed E-state index contributed by atoms with van der Waals surface area (Å²) in [5, 5.41) is 4.07. The molecule has 0 unspecified atom stereocenters.